The Hall–Kier alpha value is -3.19. The van der Waals surface area contributed by atoms with Crippen LogP contribution in [-0.2, 0) is 6.42 Å². The highest BCUT2D eigenvalue weighted by Gasteiger charge is 2.16. The molecular weight excluding hydrogens is 370 g/mol. The summed E-state index contributed by atoms with van der Waals surface area (Å²) in [5.41, 5.74) is 2.74. The second kappa shape index (κ2) is 9.84. The highest BCUT2D eigenvalue weighted by atomic mass is 16.5. The van der Waals surface area contributed by atoms with Crippen LogP contribution in [0.5, 0.6) is 17.6 Å². The molecule has 0 saturated carbocycles. The van der Waals surface area contributed by atoms with Crippen molar-refractivity contribution in [2.75, 3.05) is 14.2 Å². The number of aliphatic hydroxyl groups is 1. The van der Waals surface area contributed by atoms with Crippen LogP contribution in [0, 0.1) is 0 Å². The van der Waals surface area contributed by atoms with E-state index in [1.54, 1.807) is 19.5 Å². The minimum absolute atomic E-state index is 0.250. The first-order valence-electron chi connectivity index (χ1n) is 9.39. The predicted octanol–water partition coefficient (Wildman–Crippen LogP) is 3.32. The number of aromatic nitrogens is 3. The average molecular weight is 395 g/mol. The van der Waals surface area contributed by atoms with Gasteiger partial charge in [0, 0.05) is 18.6 Å². The molecule has 1 aromatic carbocycles. The van der Waals surface area contributed by atoms with Crippen LogP contribution in [0.2, 0.25) is 0 Å². The summed E-state index contributed by atoms with van der Waals surface area (Å²) in [7, 11) is 3.06. The summed E-state index contributed by atoms with van der Waals surface area (Å²) < 4.78 is 16.3. The Morgan fingerprint density at radius 2 is 1.83 bits per heavy atom. The Bertz CT molecular complexity index is 904. The fourth-order valence-electron chi connectivity index (χ4n) is 2.90. The Morgan fingerprint density at radius 3 is 2.48 bits per heavy atom. The molecule has 29 heavy (non-hydrogen) atoms. The SMILES string of the molecule is COc1ncc(-c2ccc(OC(C)C(O)CCc3cccnc3)cc2)c(OC)n1. The average Bonchev–Trinajstić information content (AvgIpc) is 2.78. The molecule has 0 aliphatic rings. The molecule has 1 N–H and O–H groups in total. The van der Waals surface area contributed by atoms with Crippen LogP contribution < -0.4 is 14.2 Å². The number of rotatable bonds is 9. The fraction of sp³-hybridized carbons (Fsp3) is 0.318. The van der Waals surface area contributed by atoms with Crippen LogP contribution in [-0.4, -0.2) is 46.5 Å². The van der Waals surface area contributed by atoms with Crippen LogP contribution in [0.15, 0.2) is 55.0 Å². The van der Waals surface area contributed by atoms with E-state index in [0.717, 1.165) is 23.1 Å². The summed E-state index contributed by atoms with van der Waals surface area (Å²) in [5.74, 6) is 1.11. The van der Waals surface area contributed by atoms with E-state index in [0.29, 0.717) is 18.1 Å². The number of benzene rings is 1. The highest BCUT2D eigenvalue weighted by molar-refractivity contribution is 5.68. The molecule has 0 fully saturated rings. The summed E-state index contributed by atoms with van der Waals surface area (Å²) in [5, 5.41) is 10.4. The molecule has 0 aliphatic carbocycles. The van der Waals surface area contributed by atoms with Crippen molar-refractivity contribution in [2.45, 2.75) is 32.0 Å². The van der Waals surface area contributed by atoms with Gasteiger partial charge in [-0.15, -0.1) is 0 Å². The second-order valence-electron chi connectivity index (χ2n) is 6.59. The van der Waals surface area contributed by atoms with Gasteiger partial charge in [-0.3, -0.25) is 4.98 Å². The fourth-order valence-corrected chi connectivity index (χ4v) is 2.90. The molecule has 7 nitrogen and oxygen atoms in total. The third-order valence-electron chi connectivity index (χ3n) is 4.59. The Labute approximate surface area is 170 Å². The van der Waals surface area contributed by atoms with Gasteiger partial charge in [0.25, 0.3) is 0 Å². The molecule has 3 aromatic rings. The lowest BCUT2D eigenvalue weighted by atomic mass is 10.1. The zero-order chi connectivity index (χ0) is 20.6. The number of ether oxygens (including phenoxy) is 3. The summed E-state index contributed by atoms with van der Waals surface area (Å²) in [6, 6.07) is 11.6. The summed E-state index contributed by atoms with van der Waals surface area (Å²) in [4.78, 5) is 12.4. The maximum atomic E-state index is 10.4. The number of hydrogen-bond donors (Lipinski definition) is 1. The van der Waals surface area contributed by atoms with Gasteiger partial charge < -0.3 is 19.3 Å². The van der Waals surface area contributed by atoms with Crippen molar-refractivity contribution in [3.63, 3.8) is 0 Å². The molecule has 0 amide bonds. The van der Waals surface area contributed by atoms with Crippen LogP contribution in [0.4, 0.5) is 0 Å². The van der Waals surface area contributed by atoms with Crippen molar-refractivity contribution in [3.05, 3.63) is 60.6 Å². The normalized spacial score (nSPS) is 12.8. The molecule has 0 saturated heterocycles. The van der Waals surface area contributed by atoms with Crippen molar-refractivity contribution in [3.8, 4) is 28.8 Å². The van der Waals surface area contributed by atoms with E-state index in [4.69, 9.17) is 14.2 Å². The standard InChI is InChI=1S/C22H25N3O4/c1-15(20(26)11-6-16-5-4-12-23-13-16)29-18-9-7-17(8-10-18)19-14-24-22(28-3)25-21(19)27-2/h4-5,7-10,12-15,20,26H,6,11H2,1-3H3. The monoisotopic (exact) mass is 395 g/mol. The van der Waals surface area contributed by atoms with Crippen molar-refractivity contribution in [1.29, 1.82) is 0 Å². The smallest absolute Gasteiger partial charge is 0.319 e. The zero-order valence-corrected chi connectivity index (χ0v) is 16.8. The molecule has 0 aliphatic heterocycles. The third-order valence-corrected chi connectivity index (χ3v) is 4.59. The van der Waals surface area contributed by atoms with E-state index in [1.165, 1.54) is 7.11 Å². The largest absolute Gasteiger partial charge is 0.488 e. The Balaban J connectivity index is 1.61. The summed E-state index contributed by atoms with van der Waals surface area (Å²) in [6.07, 6.45) is 5.65. The van der Waals surface area contributed by atoms with Crippen molar-refractivity contribution in [2.24, 2.45) is 0 Å². The molecule has 2 unspecified atom stereocenters. The van der Waals surface area contributed by atoms with E-state index in [-0.39, 0.29) is 12.1 Å². The van der Waals surface area contributed by atoms with Crippen molar-refractivity contribution in [1.82, 2.24) is 15.0 Å². The maximum absolute atomic E-state index is 10.4. The quantitative estimate of drug-likeness (QED) is 0.595. The van der Waals surface area contributed by atoms with Gasteiger partial charge >= 0.3 is 6.01 Å². The van der Waals surface area contributed by atoms with Crippen LogP contribution in [0.3, 0.4) is 0 Å². The minimum Gasteiger partial charge on any atom is -0.488 e. The number of pyridine rings is 1. The lowest BCUT2D eigenvalue weighted by molar-refractivity contribution is 0.0420. The zero-order valence-electron chi connectivity index (χ0n) is 16.8. The molecule has 2 aromatic heterocycles. The van der Waals surface area contributed by atoms with Gasteiger partial charge in [-0.25, -0.2) is 4.98 Å². The first kappa shape index (κ1) is 20.5. The lowest BCUT2D eigenvalue weighted by Gasteiger charge is -2.20. The summed E-state index contributed by atoms with van der Waals surface area (Å²) in [6.45, 7) is 1.86. The predicted molar refractivity (Wildman–Crippen MR) is 109 cm³/mol. The van der Waals surface area contributed by atoms with E-state index in [1.807, 2.05) is 49.5 Å². The Morgan fingerprint density at radius 1 is 1.03 bits per heavy atom. The Kier molecular flexibility index (Phi) is 6.97. The first-order chi connectivity index (χ1) is 14.1. The molecule has 0 spiro atoms. The molecule has 0 radical (unpaired) electrons. The van der Waals surface area contributed by atoms with Gasteiger partial charge in [0.2, 0.25) is 5.88 Å². The van der Waals surface area contributed by atoms with Crippen molar-refractivity contribution < 1.29 is 19.3 Å². The van der Waals surface area contributed by atoms with E-state index < -0.39 is 6.10 Å². The first-order valence-corrected chi connectivity index (χ1v) is 9.39. The molecule has 2 heterocycles. The number of hydrogen-bond acceptors (Lipinski definition) is 7. The third kappa shape index (κ3) is 5.42. The molecule has 2 atom stereocenters. The van der Waals surface area contributed by atoms with Crippen LogP contribution >= 0.6 is 0 Å². The highest BCUT2D eigenvalue weighted by Crippen LogP contribution is 2.30. The molecule has 152 valence electrons. The maximum Gasteiger partial charge on any atom is 0.319 e. The van der Waals surface area contributed by atoms with Gasteiger partial charge in [0.15, 0.2) is 0 Å². The van der Waals surface area contributed by atoms with Crippen LogP contribution in [0.1, 0.15) is 18.9 Å². The topological polar surface area (TPSA) is 86.6 Å². The molecule has 3 rings (SSSR count). The second-order valence-corrected chi connectivity index (χ2v) is 6.59. The molecule has 0 bridgehead atoms. The van der Waals surface area contributed by atoms with Gasteiger partial charge in [0.05, 0.1) is 25.9 Å². The van der Waals surface area contributed by atoms with Gasteiger partial charge in [-0.1, -0.05) is 18.2 Å². The lowest BCUT2D eigenvalue weighted by Crippen LogP contribution is -2.29. The molecular formula is C22H25N3O4. The summed E-state index contributed by atoms with van der Waals surface area (Å²) >= 11 is 0. The number of nitrogens with zero attached hydrogens (tertiary/aromatic N) is 3. The molecule has 7 heteroatoms. The number of aryl methyl sites for hydroxylation is 1. The van der Waals surface area contributed by atoms with E-state index >= 15 is 0 Å². The van der Waals surface area contributed by atoms with Crippen LogP contribution in [0.25, 0.3) is 11.1 Å². The van der Waals surface area contributed by atoms with Gasteiger partial charge in [0.1, 0.15) is 11.9 Å². The van der Waals surface area contributed by atoms with Crippen molar-refractivity contribution >= 4 is 0 Å². The van der Waals surface area contributed by atoms with E-state index in [2.05, 4.69) is 15.0 Å². The van der Waals surface area contributed by atoms with Gasteiger partial charge in [-0.05, 0) is 49.1 Å². The number of methoxy groups -OCH3 is 2. The minimum atomic E-state index is -0.579. The number of aliphatic hydroxyl groups excluding tert-OH is 1. The van der Waals surface area contributed by atoms with Gasteiger partial charge in [-0.2, -0.15) is 4.98 Å². The van der Waals surface area contributed by atoms with E-state index in [9.17, 15) is 5.11 Å².